The molecule has 128 valence electrons. The smallest absolute Gasteiger partial charge is 0.412 e. The van der Waals surface area contributed by atoms with Crippen molar-refractivity contribution in [2.24, 2.45) is 5.92 Å². The molecule has 1 aromatic carbocycles. The maximum Gasteiger partial charge on any atom is 0.412 e. The molecule has 5 heteroatoms. The summed E-state index contributed by atoms with van der Waals surface area (Å²) in [6.07, 6.45) is 1.71. The minimum atomic E-state index is -0.486. The molecule has 0 radical (unpaired) electrons. The molecule has 0 aliphatic carbocycles. The first-order valence-corrected chi connectivity index (χ1v) is 8.30. The van der Waals surface area contributed by atoms with E-state index < -0.39 is 11.7 Å². The average molecular weight is 320 g/mol. The molecule has 1 saturated heterocycles. The molecule has 5 nitrogen and oxygen atoms in total. The monoisotopic (exact) mass is 320 g/mol. The van der Waals surface area contributed by atoms with Gasteiger partial charge in [0, 0.05) is 18.8 Å². The van der Waals surface area contributed by atoms with Crippen LogP contribution in [0.1, 0.15) is 32.8 Å². The van der Waals surface area contributed by atoms with Crippen molar-refractivity contribution in [2.75, 3.05) is 31.6 Å². The molecule has 1 fully saturated rings. The highest BCUT2D eigenvalue weighted by atomic mass is 16.6. The van der Waals surface area contributed by atoms with Gasteiger partial charge in [0.1, 0.15) is 5.60 Å². The number of carbonyl (C=O) groups excluding carboxylic acids is 1. The third-order valence-electron chi connectivity index (χ3n) is 3.65. The molecule has 2 rings (SSSR count). The number of amides is 1. The molecule has 23 heavy (non-hydrogen) atoms. The van der Waals surface area contributed by atoms with Gasteiger partial charge in [0.15, 0.2) is 0 Å². The Balaban J connectivity index is 1.68. The third kappa shape index (κ3) is 7.01. The first-order chi connectivity index (χ1) is 10.9. The van der Waals surface area contributed by atoms with Crippen LogP contribution in [0.5, 0.6) is 0 Å². The Bertz CT molecular complexity index is 488. The summed E-state index contributed by atoms with van der Waals surface area (Å²) in [4.78, 5) is 11.7. The van der Waals surface area contributed by atoms with Crippen molar-refractivity contribution >= 4 is 11.8 Å². The largest absolute Gasteiger partial charge is 0.444 e. The Kier molecular flexibility index (Phi) is 6.42. The van der Waals surface area contributed by atoms with Crippen molar-refractivity contribution < 1.29 is 14.3 Å². The quantitative estimate of drug-likeness (QED) is 0.790. The highest BCUT2D eigenvalue weighted by Crippen LogP contribution is 2.13. The van der Waals surface area contributed by atoms with E-state index in [2.05, 4.69) is 10.6 Å². The van der Waals surface area contributed by atoms with Gasteiger partial charge in [0.25, 0.3) is 0 Å². The number of anilines is 1. The Labute approximate surface area is 138 Å². The maximum atomic E-state index is 11.7. The zero-order chi connectivity index (χ0) is 16.7. The fourth-order valence-corrected chi connectivity index (χ4v) is 2.46. The number of nitrogens with one attached hydrogen (secondary N) is 2. The van der Waals surface area contributed by atoms with Gasteiger partial charge >= 0.3 is 6.09 Å². The Morgan fingerprint density at radius 2 is 2.04 bits per heavy atom. The highest BCUT2D eigenvalue weighted by molar-refractivity contribution is 5.84. The van der Waals surface area contributed by atoms with Crippen molar-refractivity contribution in [3.63, 3.8) is 0 Å². The van der Waals surface area contributed by atoms with Crippen LogP contribution in [0.2, 0.25) is 0 Å². The summed E-state index contributed by atoms with van der Waals surface area (Å²) >= 11 is 0. The van der Waals surface area contributed by atoms with Gasteiger partial charge < -0.3 is 14.8 Å². The lowest BCUT2D eigenvalue weighted by molar-refractivity contribution is 0.0636. The lowest BCUT2D eigenvalue weighted by Gasteiger charge is -2.19. The molecule has 0 saturated carbocycles. The number of ether oxygens (including phenoxy) is 2. The molecular formula is C18H28N2O3. The minimum Gasteiger partial charge on any atom is -0.444 e. The van der Waals surface area contributed by atoms with E-state index in [4.69, 9.17) is 9.47 Å². The number of rotatable bonds is 6. The molecule has 1 atom stereocenters. The van der Waals surface area contributed by atoms with Crippen molar-refractivity contribution in [2.45, 2.75) is 39.2 Å². The van der Waals surface area contributed by atoms with Gasteiger partial charge in [-0.05, 0) is 63.8 Å². The van der Waals surface area contributed by atoms with Crippen LogP contribution >= 0.6 is 0 Å². The van der Waals surface area contributed by atoms with E-state index >= 15 is 0 Å². The van der Waals surface area contributed by atoms with Crippen molar-refractivity contribution in [1.82, 2.24) is 5.32 Å². The molecule has 1 unspecified atom stereocenters. The fourth-order valence-electron chi connectivity index (χ4n) is 2.46. The highest BCUT2D eigenvalue weighted by Gasteiger charge is 2.16. The molecule has 1 amide bonds. The summed E-state index contributed by atoms with van der Waals surface area (Å²) in [5, 5.41) is 6.22. The summed E-state index contributed by atoms with van der Waals surface area (Å²) in [6, 6.07) is 7.88. The molecule has 1 aliphatic rings. The van der Waals surface area contributed by atoms with Gasteiger partial charge in [-0.1, -0.05) is 12.1 Å². The molecule has 0 bridgehead atoms. The van der Waals surface area contributed by atoms with Gasteiger partial charge in [0.2, 0.25) is 0 Å². The first kappa shape index (κ1) is 17.8. The Morgan fingerprint density at radius 1 is 1.30 bits per heavy atom. The molecule has 1 heterocycles. The maximum absolute atomic E-state index is 11.7. The summed E-state index contributed by atoms with van der Waals surface area (Å²) in [5.41, 5.74) is 1.51. The Hall–Kier alpha value is -1.59. The second-order valence-corrected chi connectivity index (χ2v) is 7.01. The van der Waals surface area contributed by atoms with Crippen LogP contribution < -0.4 is 10.6 Å². The lowest BCUT2D eigenvalue weighted by atomic mass is 10.1. The lowest BCUT2D eigenvalue weighted by Crippen LogP contribution is -2.27. The summed E-state index contributed by atoms with van der Waals surface area (Å²) < 4.78 is 10.6. The second kappa shape index (κ2) is 8.31. The topological polar surface area (TPSA) is 59.6 Å². The van der Waals surface area contributed by atoms with Crippen LogP contribution in [0.3, 0.4) is 0 Å². The van der Waals surface area contributed by atoms with Gasteiger partial charge in [-0.2, -0.15) is 0 Å². The van der Waals surface area contributed by atoms with E-state index in [-0.39, 0.29) is 0 Å². The van der Waals surface area contributed by atoms with E-state index in [1.54, 1.807) is 0 Å². The van der Waals surface area contributed by atoms with Gasteiger partial charge in [-0.15, -0.1) is 0 Å². The van der Waals surface area contributed by atoms with E-state index in [0.29, 0.717) is 5.92 Å². The van der Waals surface area contributed by atoms with Gasteiger partial charge in [-0.3, -0.25) is 5.32 Å². The minimum absolute atomic E-state index is 0.425. The predicted molar refractivity (Wildman–Crippen MR) is 91.8 cm³/mol. The summed E-state index contributed by atoms with van der Waals surface area (Å²) in [5.74, 6) is 0.662. The molecule has 1 aliphatic heterocycles. The van der Waals surface area contributed by atoms with E-state index in [1.807, 2.05) is 45.0 Å². The SMILES string of the molecule is CC(C)(C)OC(=O)Nc1ccc(CCNCC2CCOC2)cc1. The van der Waals surface area contributed by atoms with Crippen LogP contribution in [-0.4, -0.2) is 38.0 Å². The van der Waals surface area contributed by atoms with Gasteiger partial charge in [0.05, 0.1) is 6.61 Å². The zero-order valence-electron chi connectivity index (χ0n) is 14.4. The van der Waals surface area contributed by atoms with Crippen molar-refractivity contribution in [1.29, 1.82) is 0 Å². The normalized spacial score (nSPS) is 18.0. The molecule has 0 aromatic heterocycles. The van der Waals surface area contributed by atoms with Crippen LogP contribution in [0, 0.1) is 5.92 Å². The summed E-state index contributed by atoms with van der Waals surface area (Å²) in [7, 11) is 0. The Morgan fingerprint density at radius 3 is 2.65 bits per heavy atom. The zero-order valence-corrected chi connectivity index (χ0v) is 14.4. The number of carbonyl (C=O) groups is 1. The summed E-state index contributed by atoms with van der Waals surface area (Å²) in [6.45, 7) is 9.31. The standard InChI is InChI=1S/C18H28N2O3/c1-18(2,3)23-17(21)20-16-6-4-14(5-7-16)8-10-19-12-15-9-11-22-13-15/h4-7,15,19H,8-13H2,1-3H3,(H,20,21). The van der Waals surface area contributed by atoms with E-state index in [0.717, 1.165) is 44.8 Å². The molecule has 1 aromatic rings. The second-order valence-electron chi connectivity index (χ2n) is 7.01. The average Bonchev–Trinajstić information content (AvgIpc) is 2.96. The first-order valence-electron chi connectivity index (χ1n) is 8.30. The van der Waals surface area contributed by atoms with Crippen LogP contribution in [0.4, 0.5) is 10.5 Å². The number of hydrogen-bond donors (Lipinski definition) is 2. The van der Waals surface area contributed by atoms with Gasteiger partial charge in [-0.25, -0.2) is 4.79 Å². The van der Waals surface area contributed by atoms with Crippen LogP contribution in [0.15, 0.2) is 24.3 Å². The molecule has 0 spiro atoms. The van der Waals surface area contributed by atoms with E-state index in [1.165, 1.54) is 5.56 Å². The predicted octanol–water partition coefficient (Wildman–Crippen LogP) is 3.20. The molecule has 2 N–H and O–H groups in total. The third-order valence-corrected chi connectivity index (χ3v) is 3.65. The van der Waals surface area contributed by atoms with Crippen molar-refractivity contribution in [3.8, 4) is 0 Å². The fraction of sp³-hybridized carbons (Fsp3) is 0.611. The van der Waals surface area contributed by atoms with E-state index in [9.17, 15) is 4.79 Å². The number of benzene rings is 1. The number of hydrogen-bond acceptors (Lipinski definition) is 4. The van der Waals surface area contributed by atoms with Crippen LogP contribution in [-0.2, 0) is 15.9 Å². The molecular weight excluding hydrogens is 292 g/mol. The van der Waals surface area contributed by atoms with Crippen molar-refractivity contribution in [3.05, 3.63) is 29.8 Å². The van der Waals surface area contributed by atoms with Crippen LogP contribution in [0.25, 0.3) is 0 Å².